The predicted molar refractivity (Wildman–Crippen MR) is 43.4 cm³/mol. The van der Waals surface area contributed by atoms with Crippen LogP contribution in [0.25, 0.3) is 0 Å². The molecular formula is C7H15NO5. The maximum atomic E-state index is 11.0. The summed E-state index contributed by atoms with van der Waals surface area (Å²) in [5, 5.41) is 25.8. The number of ether oxygens (including phenoxy) is 1. The van der Waals surface area contributed by atoms with Crippen molar-refractivity contribution in [2.45, 2.75) is 32.5 Å². The summed E-state index contributed by atoms with van der Waals surface area (Å²) in [4.78, 5) is 11.3. The lowest BCUT2D eigenvalue weighted by atomic mass is 10.2. The monoisotopic (exact) mass is 193 g/mol. The molecule has 78 valence electrons. The van der Waals surface area contributed by atoms with E-state index in [0.29, 0.717) is 0 Å². The fourth-order valence-electron chi connectivity index (χ4n) is 0.453. The van der Waals surface area contributed by atoms with Crippen molar-refractivity contribution in [2.75, 3.05) is 7.05 Å². The normalized spacial score (nSPS) is 12.5. The van der Waals surface area contributed by atoms with E-state index in [2.05, 4.69) is 0 Å². The summed E-state index contributed by atoms with van der Waals surface area (Å²) >= 11 is 0. The third kappa shape index (κ3) is 4.66. The van der Waals surface area contributed by atoms with Gasteiger partial charge in [0, 0.05) is 7.05 Å². The number of rotatable bonds is 1. The summed E-state index contributed by atoms with van der Waals surface area (Å²) in [5.74, 6) is 0. The molecule has 3 N–H and O–H groups in total. The van der Waals surface area contributed by atoms with Crippen LogP contribution in [0.1, 0.15) is 20.8 Å². The van der Waals surface area contributed by atoms with Crippen molar-refractivity contribution in [3.63, 3.8) is 0 Å². The highest BCUT2D eigenvalue weighted by Crippen LogP contribution is 2.11. The van der Waals surface area contributed by atoms with Gasteiger partial charge in [-0.15, -0.1) is 0 Å². The summed E-state index contributed by atoms with van der Waals surface area (Å²) < 4.78 is 4.73. The van der Waals surface area contributed by atoms with Crippen molar-refractivity contribution in [3.8, 4) is 0 Å². The van der Waals surface area contributed by atoms with Gasteiger partial charge in [0.15, 0.2) is 0 Å². The molecule has 0 aliphatic heterocycles. The van der Waals surface area contributed by atoms with Crippen molar-refractivity contribution in [2.24, 2.45) is 0 Å². The van der Waals surface area contributed by atoms with Gasteiger partial charge < -0.3 is 20.1 Å². The van der Waals surface area contributed by atoms with E-state index >= 15 is 0 Å². The SMILES string of the molecule is CN(C(=O)OC(C)(C)C)C(O)(O)O. The topological polar surface area (TPSA) is 90.2 Å². The number of hydrogen-bond donors (Lipinski definition) is 3. The Labute approximate surface area is 76.3 Å². The first-order valence-electron chi connectivity index (χ1n) is 3.68. The lowest BCUT2D eigenvalue weighted by Crippen LogP contribution is -2.51. The van der Waals surface area contributed by atoms with Crippen molar-refractivity contribution in [1.29, 1.82) is 0 Å². The van der Waals surface area contributed by atoms with Crippen LogP contribution in [0.15, 0.2) is 0 Å². The van der Waals surface area contributed by atoms with Crippen molar-refractivity contribution >= 4 is 6.09 Å². The van der Waals surface area contributed by atoms with Gasteiger partial charge in [0.1, 0.15) is 5.60 Å². The van der Waals surface area contributed by atoms with Gasteiger partial charge in [-0.25, -0.2) is 9.69 Å². The molecule has 0 aliphatic carbocycles. The van der Waals surface area contributed by atoms with Crippen LogP contribution in [-0.4, -0.2) is 45.1 Å². The average molecular weight is 193 g/mol. The van der Waals surface area contributed by atoms with Gasteiger partial charge in [-0.05, 0) is 20.8 Å². The van der Waals surface area contributed by atoms with Gasteiger partial charge in [0.05, 0.1) is 0 Å². The van der Waals surface area contributed by atoms with E-state index < -0.39 is 17.8 Å². The number of nitrogens with zero attached hydrogens (tertiary/aromatic N) is 1. The number of carbonyl (C=O) groups excluding carboxylic acids is 1. The molecule has 0 heterocycles. The third-order valence-corrected chi connectivity index (χ3v) is 1.12. The van der Waals surface area contributed by atoms with Gasteiger partial charge in [0.2, 0.25) is 0 Å². The summed E-state index contributed by atoms with van der Waals surface area (Å²) in [6.07, 6.45) is -4.22. The van der Waals surface area contributed by atoms with Crippen LogP contribution in [-0.2, 0) is 4.74 Å². The van der Waals surface area contributed by atoms with Gasteiger partial charge >= 0.3 is 12.2 Å². The summed E-state index contributed by atoms with van der Waals surface area (Å²) in [6, 6.07) is 0. The molecule has 0 atom stereocenters. The Kier molecular flexibility index (Phi) is 3.26. The van der Waals surface area contributed by atoms with Crippen LogP contribution in [0, 0.1) is 0 Å². The predicted octanol–water partition coefficient (Wildman–Crippen LogP) is -0.558. The van der Waals surface area contributed by atoms with E-state index in [9.17, 15) is 4.79 Å². The molecular weight excluding hydrogens is 178 g/mol. The van der Waals surface area contributed by atoms with E-state index in [4.69, 9.17) is 20.1 Å². The lowest BCUT2D eigenvalue weighted by Gasteiger charge is -2.29. The molecule has 1 amide bonds. The molecule has 0 bridgehead atoms. The minimum Gasteiger partial charge on any atom is -0.444 e. The number of carbonyl (C=O) groups is 1. The van der Waals surface area contributed by atoms with Crippen LogP contribution in [0.2, 0.25) is 0 Å². The van der Waals surface area contributed by atoms with Gasteiger partial charge in [0.25, 0.3) is 0 Å². The highest BCUT2D eigenvalue weighted by Gasteiger charge is 2.33. The molecule has 6 nitrogen and oxygen atoms in total. The van der Waals surface area contributed by atoms with Crippen LogP contribution >= 0.6 is 0 Å². The molecule has 0 spiro atoms. The average Bonchev–Trinajstić information content (AvgIpc) is 1.79. The van der Waals surface area contributed by atoms with Crippen LogP contribution < -0.4 is 0 Å². The highest BCUT2D eigenvalue weighted by atomic mass is 16.7. The zero-order chi connectivity index (χ0) is 10.9. The summed E-state index contributed by atoms with van der Waals surface area (Å²) in [6.45, 7) is 4.85. The first kappa shape index (κ1) is 12.2. The zero-order valence-electron chi connectivity index (χ0n) is 8.11. The van der Waals surface area contributed by atoms with E-state index in [1.165, 1.54) is 0 Å². The Morgan fingerprint density at radius 2 is 1.62 bits per heavy atom. The van der Waals surface area contributed by atoms with Crippen molar-refractivity contribution < 1.29 is 24.9 Å². The Bertz CT molecular complexity index is 190. The maximum Gasteiger partial charge on any atom is 0.416 e. The quantitative estimate of drug-likeness (QED) is 0.486. The number of aliphatic hydroxyl groups is 3. The fraction of sp³-hybridized carbons (Fsp3) is 0.857. The molecule has 0 saturated heterocycles. The maximum absolute atomic E-state index is 11.0. The molecule has 0 saturated carbocycles. The number of amides is 1. The standard InChI is InChI=1S/C7H15NO5/c1-6(2,3)13-5(9)8(4)7(10,11)12/h10-12H,1-4H3. The molecule has 13 heavy (non-hydrogen) atoms. The fourth-order valence-corrected chi connectivity index (χ4v) is 0.453. The van der Waals surface area contributed by atoms with Gasteiger partial charge in [-0.1, -0.05) is 0 Å². The second kappa shape index (κ2) is 3.49. The lowest BCUT2D eigenvalue weighted by molar-refractivity contribution is -0.376. The van der Waals surface area contributed by atoms with E-state index in [1.807, 2.05) is 0 Å². The zero-order valence-corrected chi connectivity index (χ0v) is 8.11. The Morgan fingerprint density at radius 1 is 1.23 bits per heavy atom. The van der Waals surface area contributed by atoms with E-state index in [0.717, 1.165) is 7.05 Å². The first-order chi connectivity index (χ1) is 5.54. The Morgan fingerprint density at radius 3 is 1.85 bits per heavy atom. The molecule has 0 aromatic heterocycles. The van der Waals surface area contributed by atoms with Crippen LogP contribution in [0.4, 0.5) is 4.79 Å². The molecule has 0 aromatic carbocycles. The third-order valence-electron chi connectivity index (χ3n) is 1.12. The van der Waals surface area contributed by atoms with Crippen LogP contribution in [0.5, 0.6) is 0 Å². The summed E-state index contributed by atoms with van der Waals surface area (Å²) in [5.41, 5.74) is -0.753. The van der Waals surface area contributed by atoms with Crippen molar-refractivity contribution in [3.05, 3.63) is 0 Å². The smallest absolute Gasteiger partial charge is 0.416 e. The highest BCUT2D eigenvalue weighted by molar-refractivity contribution is 5.67. The Balaban J connectivity index is 4.30. The second-order valence-electron chi connectivity index (χ2n) is 3.64. The molecule has 0 aromatic rings. The molecule has 0 rings (SSSR count). The van der Waals surface area contributed by atoms with Gasteiger partial charge in [-0.3, -0.25) is 0 Å². The second-order valence-corrected chi connectivity index (χ2v) is 3.64. The molecule has 6 heteroatoms. The summed E-state index contributed by atoms with van der Waals surface area (Å²) in [7, 11) is 0.994. The largest absolute Gasteiger partial charge is 0.444 e. The van der Waals surface area contributed by atoms with E-state index in [1.54, 1.807) is 20.8 Å². The number of hydrogen-bond acceptors (Lipinski definition) is 5. The van der Waals surface area contributed by atoms with E-state index in [-0.39, 0.29) is 4.90 Å². The minimum atomic E-state index is -3.19. The molecule has 0 radical (unpaired) electrons. The van der Waals surface area contributed by atoms with Crippen molar-refractivity contribution in [1.82, 2.24) is 4.90 Å². The Hall–Kier alpha value is -0.850. The molecule has 0 aliphatic rings. The minimum absolute atomic E-state index is 0.262. The van der Waals surface area contributed by atoms with Gasteiger partial charge in [-0.2, -0.15) is 0 Å². The first-order valence-corrected chi connectivity index (χ1v) is 3.68. The molecule has 0 unspecified atom stereocenters. The van der Waals surface area contributed by atoms with Crippen LogP contribution in [0.3, 0.4) is 0 Å². The molecule has 0 fully saturated rings.